The van der Waals surface area contributed by atoms with E-state index in [4.69, 9.17) is 15.2 Å². The Balaban J connectivity index is 2.89. The van der Waals surface area contributed by atoms with Gasteiger partial charge in [-0.1, -0.05) is 25.3 Å². The number of primary amides is 1. The molecule has 0 aromatic heterocycles. The number of hydrogen-bond acceptors (Lipinski definition) is 4. The van der Waals surface area contributed by atoms with Crippen molar-refractivity contribution in [1.82, 2.24) is 5.43 Å². The Hall–Kier alpha value is -2.76. The highest BCUT2D eigenvalue weighted by Crippen LogP contribution is 2.24. The Morgan fingerprint density at radius 2 is 2.00 bits per heavy atom. The van der Waals surface area contributed by atoms with Gasteiger partial charge in [0.2, 0.25) is 0 Å². The summed E-state index contributed by atoms with van der Waals surface area (Å²) in [6.07, 6.45) is 4.71. The highest BCUT2D eigenvalue weighted by Gasteiger charge is 2.04. The van der Waals surface area contributed by atoms with Gasteiger partial charge in [0.25, 0.3) is 0 Å². The van der Waals surface area contributed by atoms with E-state index in [-0.39, 0.29) is 0 Å². The van der Waals surface area contributed by atoms with Gasteiger partial charge in [-0.05, 0) is 12.1 Å². The highest BCUT2D eigenvalue weighted by molar-refractivity contribution is 5.85. The Labute approximate surface area is 117 Å². The highest BCUT2D eigenvalue weighted by atomic mass is 16.5. The van der Waals surface area contributed by atoms with Crippen LogP contribution < -0.4 is 20.6 Å². The number of amides is 2. The first-order valence-electron chi connectivity index (χ1n) is 5.87. The Morgan fingerprint density at radius 1 is 1.30 bits per heavy atom. The first-order chi connectivity index (χ1) is 9.67. The number of rotatable bonds is 8. The zero-order valence-electron chi connectivity index (χ0n) is 11.0. The SMILES string of the molecule is C=CCOc1ccc(C=NNC(N)=O)c(OCC=C)c1. The summed E-state index contributed by atoms with van der Waals surface area (Å²) in [5, 5.41) is 3.69. The van der Waals surface area contributed by atoms with Crippen LogP contribution in [0.5, 0.6) is 11.5 Å². The molecule has 2 amide bonds. The van der Waals surface area contributed by atoms with E-state index >= 15 is 0 Å². The Bertz CT molecular complexity index is 512. The molecule has 3 N–H and O–H groups in total. The summed E-state index contributed by atoms with van der Waals surface area (Å²) in [5.41, 5.74) is 7.70. The number of nitrogens with zero attached hydrogens (tertiary/aromatic N) is 1. The second-order valence-electron chi connectivity index (χ2n) is 3.63. The average molecular weight is 275 g/mol. The molecule has 106 valence electrons. The molecule has 0 heterocycles. The maximum absolute atomic E-state index is 10.5. The quantitative estimate of drug-likeness (QED) is 0.431. The smallest absolute Gasteiger partial charge is 0.332 e. The molecule has 1 aromatic carbocycles. The molecular formula is C14H17N3O3. The predicted octanol–water partition coefficient (Wildman–Crippen LogP) is 1.82. The molecule has 1 aromatic rings. The summed E-state index contributed by atoms with van der Waals surface area (Å²) < 4.78 is 10.9. The fraction of sp³-hybridized carbons (Fsp3) is 0.143. The second kappa shape index (κ2) is 8.36. The zero-order chi connectivity index (χ0) is 14.8. The van der Waals surface area contributed by atoms with Crippen LogP contribution in [0.25, 0.3) is 0 Å². The molecule has 0 aliphatic carbocycles. The molecule has 0 saturated heterocycles. The molecule has 0 unspecified atom stereocenters. The number of ether oxygens (including phenoxy) is 2. The third-order valence-electron chi connectivity index (χ3n) is 2.09. The second-order valence-corrected chi connectivity index (χ2v) is 3.63. The van der Waals surface area contributed by atoms with Gasteiger partial charge in [-0.3, -0.25) is 0 Å². The van der Waals surface area contributed by atoms with Crippen molar-refractivity contribution in [3.63, 3.8) is 0 Å². The number of benzene rings is 1. The minimum absolute atomic E-state index is 0.342. The Morgan fingerprint density at radius 3 is 2.65 bits per heavy atom. The fourth-order valence-corrected chi connectivity index (χ4v) is 1.31. The summed E-state index contributed by atoms with van der Waals surface area (Å²) in [5.74, 6) is 1.20. The zero-order valence-corrected chi connectivity index (χ0v) is 11.0. The van der Waals surface area contributed by atoms with E-state index in [1.54, 1.807) is 30.4 Å². The molecule has 0 atom stereocenters. The molecular weight excluding hydrogens is 258 g/mol. The van der Waals surface area contributed by atoms with Crippen LogP contribution in [0.2, 0.25) is 0 Å². The lowest BCUT2D eigenvalue weighted by Crippen LogP contribution is -2.24. The Kier molecular flexibility index (Phi) is 6.40. The minimum atomic E-state index is -0.735. The molecule has 0 spiro atoms. The van der Waals surface area contributed by atoms with Crippen molar-refractivity contribution in [1.29, 1.82) is 0 Å². The maximum atomic E-state index is 10.5. The van der Waals surface area contributed by atoms with E-state index in [1.807, 2.05) is 0 Å². The number of hydrogen-bond donors (Lipinski definition) is 2. The van der Waals surface area contributed by atoms with Crippen LogP contribution in [0, 0.1) is 0 Å². The lowest BCUT2D eigenvalue weighted by atomic mass is 10.2. The van der Waals surface area contributed by atoms with Crippen molar-refractivity contribution in [3.05, 3.63) is 49.1 Å². The molecule has 0 radical (unpaired) electrons. The first kappa shape index (κ1) is 15.3. The normalized spacial score (nSPS) is 10.0. The van der Waals surface area contributed by atoms with E-state index < -0.39 is 6.03 Å². The summed E-state index contributed by atoms with van der Waals surface area (Å²) in [4.78, 5) is 10.5. The molecule has 0 bridgehead atoms. The molecule has 0 fully saturated rings. The van der Waals surface area contributed by atoms with Crippen molar-refractivity contribution in [3.8, 4) is 11.5 Å². The predicted molar refractivity (Wildman–Crippen MR) is 78.1 cm³/mol. The van der Waals surface area contributed by atoms with Crippen molar-refractivity contribution >= 4 is 12.2 Å². The molecule has 0 aliphatic heterocycles. The van der Waals surface area contributed by atoms with Gasteiger partial charge in [0.1, 0.15) is 24.7 Å². The topological polar surface area (TPSA) is 85.9 Å². The molecule has 0 saturated carbocycles. The summed E-state index contributed by atoms with van der Waals surface area (Å²) in [7, 11) is 0. The van der Waals surface area contributed by atoms with E-state index in [1.165, 1.54) is 6.21 Å². The van der Waals surface area contributed by atoms with E-state index in [2.05, 4.69) is 23.7 Å². The van der Waals surface area contributed by atoms with Crippen LogP contribution in [0.3, 0.4) is 0 Å². The fourth-order valence-electron chi connectivity index (χ4n) is 1.31. The molecule has 6 heteroatoms. The third kappa shape index (κ3) is 5.26. The largest absolute Gasteiger partial charge is 0.489 e. The molecule has 1 rings (SSSR count). The van der Waals surface area contributed by atoms with E-state index in [0.29, 0.717) is 30.3 Å². The van der Waals surface area contributed by atoms with E-state index in [9.17, 15) is 4.79 Å². The van der Waals surface area contributed by atoms with Gasteiger partial charge in [-0.15, -0.1) is 0 Å². The standard InChI is InChI=1S/C14H17N3O3/c1-3-7-19-12-6-5-11(10-16-17-14(15)18)13(9-12)20-8-4-2/h3-6,9-10H,1-2,7-8H2,(H3,15,17,18). The summed E-state index contributed by atoms with van der Waals surface area (Å²) >= 11 is 0. The van der Waals surface area contributed by atoms with Gasteiger partial charge in [-0.25, -0.2) is 10.2 Å². The van der Waals surface area contributed by atoms with Crippen LogP contribution in [0.1, 0.15) is 5.56 Å². The van der Waals surface area contributed by atoms with Gasteiger partial charge < -0.3 is 15.2 Å². The van der Waals surface area contributed by atoms with Crippen LogP contribution in [-0.4, -0.2) is 25.5 Å². The lowest BCUT2D eigenvalue weighted by molar-refractivity contribution is 0.249. The van der Waals surface area contributed by atoms with Crippen molar-refractivity contribution in [2.45, 2.75) is 0 Å². The van der Waals surface area contributed by atoms with Gasteiger partial charge >= 0.3 is 6.03 Å². The summed E-state index contributed by atoms with van der Waals surface area (Å²) in [6, 6.07) is 4.50. The number of urea groups is 1. The van der Waals surface area contributed by atoms with Gasteiger partial charge in [0, 0.05) is 11.6 Å². The van der Waals surface area contributed by atoms with Gasteiger partial charge in [0.15, 0.2) is 0 Å². The monoisotopic (exact) mass is 275 g/mol. The third-order valence-corrected chi connectivity index (χ3v) is 2.09. The van der Waals surface area contributed by atoms with Crippen molar-refractivity contribution in [2.24, 2.45) is 10.8 Å². The number of carbonyl (C=O) groups is 1. The summed E-state index contributed by atoms with van der Waals surface area (Å²) in [6.45, 7) is 7.91. The number of nitrogens with one attached hydrogen (secondary N) is 1. The lowest BCUT2D eigenvalue weighted by Gasteiger charge is -2.10. The number of carbonyl (C=O) groups excluding carboxylic acids is 1. The minimum Gasteiger partial charge on any atom is -0.489 e. The van der Waals surface area contributed by atoms with Crippen molar-refractivity contribution < 1.29 is 14.3 Å². The number of nitrogens with two attached hydrogens (primary N) is 1. The molecule has 0 aliphatic rings. The molecule has 6 nitrogen and oxygen atoms in total. The molecule has 20 heavy (non-hydrogen) atoms. The van der Waals surface area contributed by atoms with Crippen LogP contribution in [0.15, 0.2) is 48.6 Å². The van der Waals surface area contributed by atoms with Crippen LogP contribution in [0.4, 0.5) is 4.79 Å². The van der Waals surface area contributed by atoms with E-state index in [0.717, 1.165) is 0 Å². The van der Waals surface area contributed by atoms with Gasteiger partial charge in [-0.2, -0.15) is 5.10 Å². The first-order valence-corrected chi connectivity index (χ1v) is 5.87. The average Bonchev–Trinajstić information content (AvgIpc) is 2.44. The van der Waals surface area contributed by atoms with Crippen molar-refractivity contribution in [2.75, 3.05) is 13.2 Å². The van der Waals surface area contributed by atoms with Crippen LogP contribution in [-0.2, 0) is 0 Å². The maximum Gasteiger partial charge on any atom is 0.332 e. The van der Waals surface area contributed by atoms with Gasteiger partial charge in [0.05, 0.1) is 6.21 Å². The van der Waals surface area contributed by atoms with Crippen LogP contribution >= 0.6 is 0 Å². The number of hydrazone groups is 1.